The molecule has 0 aromatic carbocycles. The van der Waals surface area contributed by atoms with Crippen LogP contribution in [0.5, 0.6) is 0 Å². The number of hydrogen-bond acceptors (Lipinski definition) is 2. The second-order valence-corrected chi connectivity index (χ2v) is 5.76. The molecule has 0 aliphatic carbocycles. The minimum absolute atomic E-state index is 1.40. The summed E-state index contributed by atoms with van der Waals surface area (Å²) in [6, 6.07) is 0. The second kappa shape index (κ2) is 5.47. The van der Waals surface area contributed by atoms with Crippen molar-refractivity contribution in [3.63, 3.8) is 0 Å². The van der Waals surface area contributed by atoms with Gasteiger partial charge in [0.1, 0.15) is 0 Å². The third-order valence-electron chi connectivity index (χ3n) is 2.13. The molecule has 0 bridgehead atoms. The van der Waals surface area contributed by atoms with Gasteiger partial charge >= 0.3 is 11.8 Å². The highest BCUT2D eigenvalue weighted by Crippen LogP contribution is 2.33. The van der Waals surface area contributed by atoms with E-state index in [4.69, 9.17) is 0 Å². The largest absolute Gasteiger partial charge is 0.616 e. The van der Waals surface area contributed by atoms with E-state index in [1.807, 2.05) is 0 Å². The Hall–Kier alpha value is -0.445. The van der Waals surface area contributed by atoms with Crippen molar-refractivity contribution in [2.75, 3.05) is 20.1 Å². The van der Waals surface area contributed by atoms with Crippen molar-refractivity contribution in [3.8, 4) is 0 Å². The number of quaternary nitrogens is 1. The van der Waals surface area contributed by atoms with Gasteiger partial charge < -0.3 is 17.8 Å². The highest BCUT2D eigenvalue weighted by atomic mass is 32.2. The molecule has 1 rings (SSSR count). The van der Waals surface area contributed by atoms with E-state index in [1.165, 1.54) is 25.9 Å². The van der Waals surface area contributed by atoms with Gasteiger partial charge in [0.25, 0.3) is 0 Å². The molecule has 3 nitrogen and oxygen atoms in total. The smallest absolute Gasteiger partial charge is 0.436 e. The molecular weight excluding hydrogens is 275 g/mol. The molecule has 17 heavy (non-hydrogen) atoms. The molecule has 0 amide bonds. The zero-order valence-electron chi connectivity index (χ0n) is 8.90. The van der Waals surface area contributed by atoms with Gasteiger partial charge in [0, 0.05) is 12.8 Å². The van der Waals surface area contributed by atoms with Crippen LogP contribution in [0.25, 0.3) is 0 Å². The van der Waals surface area contributed by atoms with Crippen molar-refractivity contribution in [3.05, 3.63) is 0 Å². The molecule has 0 unspecified atom stereocenters. The summed E-state index contributed by atoms with van der Waals surface area (Å²) in [7, 11) is -4.69. The average molecular weight is 287 g/mol. The Morgan fingerprint density at radius 2 is 1.41 bits per heavy atom. The molecule has 1 heterocycles. The van der Waals surface area contributed by atoms with Gasteiger partial charge in [-0.25, -0.2) is 0 Å². The van der Waals surface area contributed by atoms with Crippen molar-refractivity contribution in [1.82, 2.24) is 0 Å². The van der Waals surface area contributed by atoms with Gasteiger partial charge in [-0.05, 0) is 0 Å². The van der Waals surface area contributed by atoms with Gasteiger partial charge in [-0.15, -0.1) is 0 Å². The molecule has 0 radical (unpaired) electrons. The highest BCUT2D eigenvalue weighted by molar-refractivity contribution is 8.20. The summed E-state index contributed by atoms with van der Waals surface area (Å²) in [6.45, 7) is 2.81. The van der Waals surface area contributed by atoms with Crippen LogP contribution in [0.4, 0.5) is 26.1 Å². The van der Waals surface area contributed by atoms with E-state index in [2.05, 4.69) is 7.05 Å². The Bertz CT molecular complexity index is 311. The lowest BCUT2D eigenvalue weighted by atomic mass is 10.4. The van der Waals surface area contributed by atoms with Gasteiger partial charge in [-0.3, -0.25) is 8.42 Å². The highest BCUT2D eigenvalue weighted by Gasteiger charge is 2.58. The molecule has 0 aromatic heterocycles. The summed E-state index contributed by atoms with van der Waals surface area (Å²) in [5, 5.41) is 0. The Balaban J connectivity index is 0.000000354. The summed E-state index contributed by atoms with van der Waals surface area (Å²) < 4.78 is 85.3. The zero-order chi connectivity index (χ0) is 13.9. The van der Waals surface area contributed by atoms with E-state index in [0.717, 1.165) is 0 Å². The third kappa shape index (κ3) is 4.74. The summed E-state index contributed by atoms with van der Waals surface area (Å²) in [6.07, 6.45) is -4.00. The molecule has 104 valence electrons. The second-order valence-electron chi connectivity index (χ2n) is 3.67. The van der Waals surface area contributed by atoms with Crippen LogP contribution in [-0.4, -0.2) is 40.3 Å². The summed E-state index contributed by atoms with van der Waals surface area (Å²) in [5.41, 5.74) is -6.24. The normalized spacial score (nSPS) is 18.8. The lowest BCUT2D eigenvalue weighted by Gasteiger charge is -2.16. The molecule has 11 heteroatoms. The van der Waals surface area contributed by atoms with Crippen molar-refractivity contribution in [2.24, 2.45) is 0 Å². The van der Waals surface area contributed by atoms with E-state index >= 15 is 0 Å². The van der Waals surface area contributed by atoms with E-state index in [9.17, 15) is 34.5 Å². The van der Waals surface area contributed by atoms with E-state index in [0.29, 0.717) is 0 Å². The van der Waals surface area contributed by atoms with E-state index < -0.39 is 21.5 Å². The number of likely N-dealkylation sites (tertiary alicyclic amines) is 1. The zero-order valence-corrected chi connectivity index (χ0v) is 9.71. The summed E-state index contributed by atoms with van der Waals surface area (Å²) >= 11 is 0. The van der Waals surface area contributed by atoms with Crippen LogP contribution in [0.3, 0.4) is 0 Å². The van der Waals surface area contributed by atoms with Crippen molar-refractivity contribution >= 4 is 15.9 Å². The van der Waals surface area contributed by atoms with Crippen LogP contribution in [0.2, 0.25) is 0 Å². The quantitative estimate of drug-likeness (QED) is 0.565. The van der Waals surface area contributed by atoms with Crippen molar-refractivity contribution < 1.29 is 39.4 Å². The van der Waals surface area contributed by atoms with Gasteiger partial charge in [0.15, 0.2) is 0 Å². The molecule has 0 spiro atoms. The van der Waals surface area contributed by atoms with Crippen LogP contribution >= 0.6 is 0 Å². The number of rotatable bonds is 1. The van der Waals surface area contributed by atoms with E-state index in [1.54, 1.807) is 4.90 Å². The molecule has 1 N–H and O–H groups in total. The first kappa shape index (κ1) is 16.6. The first-order valence-corrected chi connectivity index (χ1v) is 6.25. The van der Waals surface area contributed by atoms with Gasteiger partial charge in [-0.1, -0.05) is 0 Å². The minimum atomic E-state index is -6.95. The molecule has 1 saturated heterocycles. The molecule has 0 saturated carbocycles. The Morgan fingerprint density at radius 3 is 1.47 bits per heavy atom. The molecule has 1 fully saturated rings. The fourth-order valence-corrected chi connectivity index (χ4v) is 1.43. The van der Waals surface area contributed by atoms with Crippen LogP contribution in [0.15, 0.2) is 0 Å². The Kier molecular flexibility index (Phi) is 5.32. The maximum Gasteiger partial charge on any atom is 0.616 e. The monoisotopic (exact) mass is 287 g/mol. The lowest BCUT2D eigenvalue weighted by molar-refractivity contribution is -0.866. The molecule has 0 atom stereocenters. The SMILES string of the molecule is C[NH+]1CCCC1.O=S(=O)([B-](F)(F)F)C(F)(F)F. The topological polar surface area (TPSA) is 38.6 Å². The van der Waals surface area contributed by atoms with E-state index in [-0.39, 0.29) is 0 Å². The minimum Gasteiger partial charge on any atom is -0.436 e. The summed E-state index contributed by atoms with van der Waals surface area (Å²) in [5.74, 6) is 0. The lowest BCUT2D eigenvalue weighted by Crippen LogP contribution is -3.06. The van der Waals surface area contributed by atoms with Crippen LogP contribution < -0.4 is 4.90 Å². The maximum atomic E-state index is 11.1. The first-order valence-electron chi connectivity index (χ1n) is 4.70. The molecule has 1 aliphatic rings. The molecular formula is C6H12BF6NO2S. The molecule has 1 aliphatic heterocycles. The number of halogens is 6. The first-order chi connectivity index (χ1) is 7.39. The average Bonchev–Trinajstić information content (AvgIpc) is 2.52. The molecule has 0 aromatic rings. The fourth-order valence-electron chi connectivity index (χ4n) is 1.13. The predicted molar refractivity (Wildman–Crippen MR) is 49.9 cm³/mol. The number of hydrogen-bond donors (Lipinski definition) is 1. The Morgan fingerprint density at radius 1 is 1.06 bits per heavy atom. The third-order valence-corrected chi connectivity index (χ3v) is 3.48. The number of alkyl halides is 3. The number of nitrogens with one attached hydrogen (secondary N) is 1. The maximum absolute atomic E-state index is 11.1. The Labute approximate surface area is 94.6 Å². The standard InChI is InChI=1S/C5H11N.CBF6O2S/c1-6-4-2-3-5-6;3-1(4,5)11(9,10)2(6,7)8/h2-5H2,1H3;/q;-1/p+1. The fraction of sp³-hybridized carbons (Fsp3) is 1.00. The van der Waals surface area contributed by atoms with Gasteiger partial charge in [-0.2, -0.15) is 13.2 Å². The van der Waals surface area contributed by atoms with Crippen molar-refractivity contribution in [1.29, 1.82) is 0 Å². The predicted octanol–water partition coefficient (Wildman–Crippen LogP) is 0.560. The van der Waals surface area contributed by atoms with Crippen LogP contribution in [0.1, 0.15) is 12.8 Å². The van der Waals surface area contributed by atoms with Crippen molar-refractivity contribution in [2.45, 2.75) is 18.3 Å². The van der Waals surface area contributed by atoms with Gasteiger partial charge in [0.2, 0.25) is 9.69 Å². The van der Waals surface area contributed by atoms with Crippen LogP contribution in [0, 0.1) is 0 Å². The van der Waals surface area contributed by atoms with Crippen LogP contribution in [-0.2, 0) is 9.69 Å². The summed E-state index contributed by atoms with van der Waals surface area (Å²) in [4.78, 5) is 1.70. The van der Waals surface area contributed by atoms with Gasteiger partial charge in [0.05, 0.1) is 20.1 Å².